The molecule has 7 nitrogen and oxygen atoms in total. The number of carbonyl (C=O) groups is 1. The zero-order valence-corrected chi connectivity index (χ0v) is 15.9. The van der Waals surface area contributed by atoms with E-state index in [2.05, 4.69) is 23.8 Å². The van der Waals surface area contributed by atoms with Crippen LogP contribution >= 0.6 is 0 Å². The number of amides is 1. The molecular formula is C19H25N3O4. The first-order valence-corrected chi connectivity index (χ1v) is 8.80. The van der Waals surface area contributed by atoms with Gasteiger partial charge < -0.3 is 14.2 Å². The Hall–Kier alpha value is -2.57. The third kappa shape index (κ3) is 3.13. The van der Waals surface area contributed by atoms with E-state index < -0.39 is 5.60 Å². The lowest BCUT2D eigenvalue weighted by molar-refractivity contribution is 0.0363. The molecule has 7 heteroatoms. The highest BCUT2D eigenvalue weighted by Gasteiger charge is 2.45. The lowest BCUT2D eigenvalue weighted by Gasteiger charge is -2.27. The number of benzene rings is 1. The predicted octanol–water partition coefficient (Wildman–Crippen LogP) is 3.80. The minimum Gasteiger partial charge on any atom is -0.494 e. The number of anilines is 1. The molecule has 0 spiro atoms. The Morgan fingerprint density at radius 1 is 1.27 bits per heavy atom. The molecule has 1 amide bonds. The van der Waals surface area contributed by atoms with Crippen molar-refractivity contribution in [1.29, 1.82) is 0 Å². The van der Waals surface area contributed by atoms with Gasteiger partial charge in [0.05, 0.1) is 37.4 Å². The quantitative estimate of drug-likeness (QED) is 0.781. The van der Waals surface area contributed by atoms with Crippen molar-refractivity contribution in [2.45, 2.75) is 39.2 Å². The summed E-state index contributed by atoms with van der Waals surface area (Å²) in [4.78, 5) is 22.7. The number of cyclic esters (lactones) is 1. The molecule has 1 saturated heterocycles. The van der Waals surface area contributed by atoms with E-state index in [1.165, 1.54) is 6.33 Å². The van der Waals surface area contributed by atoms with Gasteiger partial charge in [-0.25, -0.2) is 14.8 Å². The van der Waals surface area contributed by atoms with Gasteiger partial charge in [-0.1, -0.05) is 20.8 Å². The Bertz CT molecular complexity index is 824. The van der Waals surface area contributed by atoms with Crippen molar-refractivity contribution in [2.75, 3.05) is 25.7 Å². The van der Waals surface area contributed by atoms with Crippen molar-refractivity contribution in [3.8, 4) is 11.6 Å². The van der Waals surface area contributed by atoms with E-state index in [0.717, 1.165) is 18.2 Å². The average Bonchev–Trinajstić information content (AvgIpc) is 2.95. The molecule has 2 aromatic rings. The number of aromatic nitrogens is 2. The minimum atomic E-state index is -0.484. The lowest BCUT2D eigenvalue weighted by atomic mass is 9.90. The summed E-state index contributed by atoms with van der Waals surface area (Å²) in [5, 5.41) is 0.719. The number of carbonyl (C=O) groups excluding carboxylic acids is 1. The van der Waals surface area contributed by atoms with Gasteiger partial charge in [-0.3, -0.25) is 4.90 Å². The van der Waals surface area contributed by atoms with Crippen LogP contribution in [0.2, 0.25) is 0 Å². The minimum absolute atomic E-state index is 0.360. The van der Waals surface area contributed by atoms with Gasteiger partial charge >= 0.3 is 6.09 Å². The molecule has 0 saturated carbocycles. The zero-order chi connectivity index (χ0) is 18.9. The first kappa shape index (κ1) is 18.2. The average molecular weight is 359 g/mol. The monoisotopic (exact) mass is 359 g/mol. The third-order valence-corrected chi connectivity index (χ3v) is 4.78. The fraction of sp³-hybridized carbons (Fsp3) is 0.526. The molecule has 0 bridgehead atoms. The first-order chi connectivity index (χ1) is 12.4. The van der Waals surface area contributed by atoms with E-state index in [4.69, 9.17) is 14.2 Å². The van der Waals surface area contributed by atoms with Gasteiger partial charge in [0.25, 0.3) is 0 Å². The largest absolute Gasteiger partial charge is 0.494 e. The van der Waals surface area contributed by atoms with Crippen molar-refractivity contribution in [3.05, 3.63) is 18.5 Å². The normalized spacial score (nSPS) is 19.9. The standard InChI is InChI=1S/C19H25N3O4/c1-6-19(9-12(2)3)10-22(18(23)26-19)15-7-13-14(8-16(15)24-4)20-11-21-17(13)25-5/h7-8,11-12H,6,9-10H2,1-5H3. The summed E-state index contributed by atoms with van der Waals surface area (Å²) in [5.74, 6) is 1.44. The molecule has 1 aromatic carbocycles. The Labute approximate surface area is 153 Å². The molecule has 1 aliphatic rings. The second kappa shape index (κ2) is 6.97. The fourth-order valence-electron chi connectivity index (χ4n) is 3.57. The molecule has 1 fully saturated rings. The summed E-state index contributed by atoms with van der Waals surface area (Å²) < 4.78 is 16.7. The number of fused-ring (bicyclic) bond motifs is 1. The molecule has 3 rings (SSSR count). The van der Waals surface area contributed by atoms with Gasteiger partial charge in [-0.2, -0.15) is 0 Å². The predicted molar refractivity (Wildman–Crippen MR) is 98.9 cm³/mol. The van der Waals surface area contributed by atoms with Gasteiger partial charge in [0.2, 0.25) is 5.88 Å². The fourth-order valence-corrected chi connectivity index (χ4v) is 3.57. The van der Waals surface area contributed by atoms with Crippen LogP contribution in [-0.4, -0.2) is 42.4 Å². The van der Waals surface area contributed by atoms with Crippen molar-refractivity contribution in [2.24, 2.45) is 5.92 Å². The van der Waals surface area contributed by atoms with E-state index in [0.29, 0.717) is 35.3 Å². The smallest absolute Gasteiger partial charge is 0.415 e. The van der Waals surface area contributed by atoms with Gasteiger partial charge in [0.15, 0.2) is 0 Å². The van der Waals surface area contributed by atoms with Crippen molar-refractivity contribution in [1.82, 2.24) is 9.97 Å². The number of rotatable bonds is 6. The third-order valence-electron chi connectivity index (χ3n) is 4.78. The van der Waals surface area contributed by atoms with Crippen molar-refractivity contribution < 1.29 is 19.0 Å². The van der Waals surface area contributed by atoms with Crippen LogP contribution in [0.3, 0.4) is 0 Å². The van der Waals surface area contributed by atoms with Gasteiger partial charge in [-0.05, 0) is 24.8 Å². The molecule has 26 heavy (non-hydrogen) atoms. The Morgan fingerprint density at radius 3 is 2.65 bits per heavy atom. The molecule has 2 heterocycles. The molecule has 140 valence electrons. The van der Waals surface area contributed by atoms with Crippen LogP contribution in [-0.2, 0) is 4.74 Å². The van der Waals surface area contributed by atoms with E-state index in [1.807, 2.05) is 13.0 Å². The van der Waals surface area contributed by atoms with Crippen LogP contribution in [0.5, 0.6) is 11.6 Å². The van der Waals surface area contributed by atoms with Gasteiger partial charge in [-0.15, -0.1) is 0 Å². The SMILES string of the molecule is CCC1(CC(C)C)CN(c2cc3c(OC)ncnc3cc2OC)C(=O)O1. The Kier molecular flexibility index (Phi) is 4.89. The molecule has 0 N–H and O–H groups in total. The molecule has 0 radical (unpaired) electrons. The highest BCUT2D eigenvalue weighted by Crippen LogP contribution is 2.41. The topological polar surface area (TPSA) is 73.8 Å². The summed E-state index contributed by atoms with van der Waals surface area (Å²) in [6, 6.07) is 3.62. The van der Waals surface area contributed by atoms with Gasteiger partial charge in [0, 0.05) is 6.07 Å². The van der Waals surface area contributed by atoms with E-state index in [1.54, 1.807) is 25.2 Å². The molecule has 0 aliphatic carbocycles. The van der Waals surface area contributed by atoms with Crippen LogP contribution in [0.15, 0.2) is 18.5 Å². The van der Waals surface area contributed by atoms with Gasteiger partial charge in [0.1, 0.15) is 17.7 Å². The van der Waals surface area contributed by atoms with E-state index in [-0.39, 0.29) is 6.09 Å². The molecule has 1 atom stereocenters. The second-order valence-corrected chi connectivity index (χ2v) is 7.01. The Balaban J connectivity index is 2.08. The highest BCUT2D eigenvalue weighted by atomic mass is 16.6. The maximum Gasteiger partial charge on any atom is 0.415 e. The molecular weight excluding hydrogens is 334 g/mol. The van der Waals surface area contributed by atoms with Crippen LogP contribution < -0.4 is 14.4 Å². The highest BCUT2D eigenvalue weighted by molar-refractivity contribution is 5.97. The summed E-state index contributed by atoms with van der Waals surface area (Å²) in [6.07, 6.45) is 2.65. The summed E-state index contributed by atoms with van der Waals surface area (Å²) in [5.41, 5.74) is 0.841. The molecule has 1 unspecified atom stereocenters. The number of methoxy groups -OCH3 is 2. The van der Waals surface area contributed by atoms with Crippen LogP contribution in [0.1, 0.15) is 33.6 Å². The molecule has 1 aliphatic heterocycles. The summed E-state index contributed by atoms with van der Waals surface area (Å²) in [7, 11) is 3.13. The van der Waals surface area contributed by atoms with Crippen LogP contribution in [0.25, 0.3) is 10.9 Å². The Morgan fingerprint density at radius 2 is 2.04 bits per heavy atom. The maximum absolute atomic E-state index is 12.7. The zero-order valence-electron chi connectivity index (χ0n) is 15.9. The number of hydrogen-bond donors (Lipinski definition) is 0. The number of nitrogens with zero attached hydrogens (tertiary/aromatic N) is 3. The lowest BCUT2D eigenvalue weighted by Crippen LogP contribution is -2.35. The van der Waals surface area contributed by atoms with Crippen LogP contribution in [0.4, 0.5) is 10.5 Å². The first-order valence-electron chi connectivity index (χ1n) is 8.80. The van der Waals surface area contributed by atoms with Crippen molar-refractivity contribution in [3.63, 3.8) is 0 Å². The van der Waals surface area contributed by atoms with Crippen molar-refractivity contribution >= 4 is 22.7 Å². The summed E-state index contributed by atoms with van der Waals surface area (Å²) >= 11 is 0. The second-order valence-electron chi connectivity index (χ2n) is 7.01. The van der Waals surface area contributed by atoms with Crippen LogP contribution in [0, 0.1) is 5.92 Å². The summed E-state index contributed by atoms with van der Waals surface area (Å²) in [6.45, 7) is 6.80. The van der Waals surface area contributed by atoms with E-state index >= 15 is 0 Å². The molecule has 1 aromatic heterocycles. The van der Waals surface area contributed by atoms with E-state index in [9.17, 15) is 4.79 Å². The maximum atomic E-state index is 12.7. The number of ether oxygens (including phenoxy) is 3. The number of hydrogen-bond acceptors (Lipinski definition) is 6.